The van der Waals surface area contributed by atoms with Crippen LogP contribution in [-0.2, 0) is 0 Å². The molecule has 43 heavy (non-hydrogen) atoms. The summed E-state index contributed by atoms with van der Waals surface area (Å²) in [5.41, 5.74) is 4.16. The van der Waals surface area contributed by atoms with Gasteiger partial charge in [-0.25, -0.2) is 9.80 Å². The summed E-state index contributed by atoms with van der Waals surface area (Å²) in [6.07, 6.45) is 4.76. The van der Waals surface area contributed by atoms with Gasteiger partial charge in [-0.15, -0.1) is 0 Å². The van der Waals surface area contributed by atoms with E-state index in [0.717, 1.165) is 10.5 Å². The molecule has 8 heteroatoms. The Hall–Kier alpha value is -4.40. The number of imide groups is 2. The number of carbonyl (C=O) groups excluding carboxylic acids is 4. The van der Waals surface area contributed by atoms with Crippen LogP contribution in [0.25, 0.3) is 29.0 Å². The SMILES string of the molecule is C=Cc1cccc(C=C)c1N1C(=O)c2cc(Br)c3c4c(cc(Br)c(c24)C1=O)C(=O)N(c1c(C=C)cccc1C(C)C)C3=O. The largest absolute Gasteiger partial charge is 0.268 e. The molecule has 0 aromatic heterocycles. The monoisotopic (exact) mass is 694 g/mol. The van der Waals surface area contributed by atoms with Crippen molar-refractivity contribution >= 4 is 95.9 Å². The fraction of sp³-hybridized carbons (Fsp3) is 0.0857. The zero-order chi connectivity index (χ0) is 30.9. The molecule has 0 aliphatic carbocycles. The maximum atomic E-state index is 14.3. The number of para-hydroxylation sites is 2. The van der Waals surface area contributed by atoms with E-state index >= 15 is 0 Å². The fourth-order valence-corrected chi connectivity index (χ4v) is 7.21. The minimum Gasteiger partial charge on any atom is -0.268 e. The van der Waals surface area contributed by atoms with Crippen LogP contribution < -0.4 is 9.80 Å². The lowest BCUT2D eigenvalue weighted by Crippen LogP contribution is -2.44. The number of halogens is 2. The Morgan fingerprint density at radius 1 is 0.628 bits per heavy atom. The minimum absolute atomic E-state index is 0.00238. The molecule has 0 atom stereocenters. The minimum atomic E-state index is -0.594. The van der Waals surface area contributed by atoms with Gasteiger partial charge in [0.15, 0.2) is 0 Å². The fourth-order valence-electron chi connectivity index (χ4n) is 6.02. The Kier molecular flexibility index (Phi) is 6.94. The first-order valence-electron chi connectivity index (χ1n) is 13.5. The van der Waals surface area contributed by atoms with Crippen LogP contribution in [0.3, 0.4) is 0 Å². The molecule has 2 aliphatic rings. The first-order chi connectivity index (χ1) is 20.6. The van der Waals surface area contributed by atoms with Crippen LogP contribution in [0.1, 0.15) is 83.5 Å². The molecule has 0 saturated heterocycles. The summed E-state index contributed by atoms with van der Waals surface area (Å²) in [5.74, 6) is -2.30. The Bertz CT molecular complexity index is 2000. The third-order valence-electron chi connectivity index (χ3n) is 7.94. The highest BCUT2D eigenvalue weighted by molar-refractivity contribution is 9.10. The lowest BCUT2D eigenvalue weighted by molar-refractivity contribution is 0.0872. The van der Waals surface area contributed by atoms with E-state index in [9.17, 15) is 19.2 Å². The van der Waals surface area contributed by atoms with Crippen molar-refractivity contribution in [3.05, 3.63) is 122 Å². The van der Waals surface area contributed by atoms with E-state index in [4.69, 9.17) is 0 Å². The van der Waals surface area contributed by atoms with Gasteiger partial charge < -0.3 is 0 Å². The van der Waals surface area contributed by atoms with E-state index in [1.54, 1.807) is 54.6 Å². The summed E-state index contributed by atoms with van der Waals surface area (Å²) >= 11 is 7.08. The maximum absolute atomic E-state index is 14.3. The molecule has 0 saturated carbocycles. The molecule has 4 aromatic carbocycles. The molecule has 4 aromatic rings. The van der Waals surface area contributed by atoms with Gasteiger partial charge in [0.2, 0.25) is 0 Å². The first-order valence-corrected chi connectivity index (χ1v) is 15.0. The van der Waals surface area contributed by atoms with Crippen LogP contribution in [0.2, 0.25) is 0 Å². The molecule has 0 N–H and O–H groups in total. The number of carbonyl (C=O) groups is 4. The van der Waals surface area contributed by atoms with Crippen molar-refractivity contribution in [1.82, 2.24) is 0 Å². The normalized spacial score (nSPS) is 14.2. The van der Waals surface area contributed by atoms with Crippen molar-refractivity contribution in [2.75, 3.05) is 9.80 Å². The summed E-state index contributed by atoms with van der Waals surface area (Å²) in [7, 11) is 0. The van der Waals surface area contributed by atoms with Crippen molar-refractivity contribution in [1.29, 1.82) is 0 Å². The van der Waals surface area contributed by atoms with E-state index in [1.165, 1.54) is 4.90 Å². The average Bonchev–Trinajstić information content (AvgIpc) is 2.99. The second-order valence-electron chi connectivity index (χ2n) is 10.5. The van der Waals surface area contributed by atoms with Crippen LogP contribution in [0.4, 0.5) is 11.4 Å². The third-order valence-corrected chi connectivity index (χ3v) is 9.19. The quantitative estimate of drug-likeness (QED) is 0.189. The van der Waals surface area contributed by atoms with Crippen molar-refractivity contribution in [3.8, 4) is 0 Å². The number of benzene rings is 4. The van der Waals surface area contributed by atoms with Gasteiger partial charge in [0, 0.05) is 19.7 Å². The summed E-state index contributed by atoms with van der Waals surface area (Å²) in [6, 6.07) is 14.0. The lowest BCUT2D eigenvalue weighted by atomic mass is 9.84. The van der Waals surface area contributed by atoms with Gasteiger partial charge in [-0.3, -0.25) is 19.2 Å². The second-order valence-corrected chi connectivity index (χ2v) is 12.2. The highest BCUT2D eigenvalue weighted by Gasteiger charge is 2.44. The molecule has 0 bridgehead atoms. The molecule has 2 aliphatic heterocycles. The van der Waals surface area contributed by atoms with Crippen LogP contribution in [-0.4, -0.2) is 23.6 Å². The number of hydrogen-bond donors (Lipinski definition) is 0. The van der Waals surface area contributed by atoms with Crippen LogP contribution in [0.15, 0.2) is 77.2 Å². The van der Waals surface area contributed by atoms with E-state index in [2.05, 4.69) is 51.6 Å². The zero-order valence-electron chi connectivity index (χ0n) is 23.3. The van der Waals surface area contributed by atoms with Crippen molar-refractivity contribution in [2.45, 2.75) is 19.8 Å². The average molecular weight is 696 g/mol. The van der Waals surface area contributed by atoms with Crippen LogP contribution in [0, 0.1) is 0 Å². The molecule has 0 fully saturated rings. The van der Waals surface area contributed by atoms with Gasteiger partial charge in [0.25, 0.3) is 23.6 Å². The van der Waals surface area contributed by atoms with Gasteiger partial charge in [0.05, 0.1) is 33.6 Å². The molecule has 0 spiro atoms. The zero-order valence-corrected chi connectivity index (χ0v) is 26.5. The lowest BCUT2D eigenvalue weighted by Gasteiger charge is -2.35. The predicted octanol–water partition coefficient (Wildman–Crippen LogP) is 9.02. The summed E-state index contributed by atoms with van der Waals surface area (Å²) in [5, 5.41) is 0.519. The Balaban J connectivity index is 1.66. The van der Waals surface area contributed by atoms with Crippen molar-refractivity contribution in [3.63, 3.8) is 0 Å². The molecule has 212 valence electrons. The van der Waals surface area contributed by atoms with E-state index in [1.807, 2.05) is 26.0 Å². The highest BCUT2D eigenvalue weighted by Crippen LogP contribution is 2.47. The molecular formula is C35H24Br2N2O4. The second kappa shape index (κ2) is 10.4. The number of amides is 4. The van der Waals surface area contributed by atoms with Gasteiger partial charge >= 0.3 is 0 Å². The summed E-state index contributed by atoms with van der Waals surface area (Å²) < 4.78 is 0.657. The summed E-state index contributed by atoms with van der Waals surface area (Å²) in [6.45, 7) is 15.6. The maximum Gasteiger partial charge on any atom is 0.267 e. The standard InChI is InChI=1S/C35H24Br2N2O4/c1-6-18-11-9-12-19(7-2)30(18)38-32(40)22-15-25(37)29-27-23(16-24(36)28(26(22)27)34(38)42)33(41)39(35(29)43)31-20(8-3)13-10-14-21(31)17(4)5/h6-17H,1-3H2,4-5H3. The van der Waals surface area contributed by atoms with Crippen LogP contribution >= 0.6 is 31.9 Å². The van der Waals surface area contributed by atoms with Crippen molar-refractivity contribution in [2.24, 2.45) is 0 Å². The van der Waals surface area contributed by atoms with Gasteiger partial charge in [-0.2, -0.15) is 0 Å². The number of nitrogens with zero attached hydrogens (tertiary/aromatic N) is 2. The molecule has 2 heterocycles. The molecule has 6 rings (SSSR count). The molecule has 6 nitrogen and oxygen atoms in total. The van der Waals surface area contributed by atoms with E-state index in [0.29, 0.717) is 37.0 Å². The topological polar surface area (TPSA) is 74.8 Å². The van der Waals surface area contributed by atoms with Gasteiger partial charge in [-0.05, 0) is 72.2 Å². The molecule has 0 unspecified atom stereocenters. The van der Waals surface area contributed by atoms with E-state index in [-0.39, 0.29) is 38.9 Å². The first kappa shape index (κ1) is 28.7. The number of anilines is 2. The van der Waals surface area contributed by atoms with E-state index < -0.39 is 23.6 Å². The number of rotatable bonds is 6. The van der Waals surface area contributed by atoms with Gasteiger partial charge in [0.1, 0.15) is 0 Å². The summed E-state index contributed by atoms with van der Waals surface area (Å²) in [4.78, 5) is 59.4. The van der Waals surface area contributed by atoms with Crippen LogP contribution in [0.5, 0.6) is 0 Å². The molecule has 4 amide bonds. The molecule has 0 radical (unpaired) electrons. The van der Waals surface area contributed by atoms with Crippen molar-refractivity contribution < 1.29 is 19.2 Å². The van der Waals surface area contributed by atoms with Gasteiger partial charge in [-0.1, -0.05) is 88.2 Å². The Morgan fingerprint density at radius 3 is 1.44 bits per heavy atom. The molecular weight excluding hydrogens is 672 g/mol. The Labute approximate surface area is 265 Å². The highest BCUT2D eigenvalue weighted by atomic mass is 79.9. The third kappa shape index (κ3) is 3.97. The smallest absolute Gasteiger partial charge is 0.267 e. The Morgan fingerprint density at radius 2 is 1.02 bits per heavy atom. The number of hydrogen-bond acceptors (Lipinski definition) is 4. The predicted molar refractivity (Wildman–Crippen MR) is 179 cm³/mol.